The molecule has 6 nitrogen and oxygen atoms in total. The zero-order valence-electron chi connectivity index (χ0n) is 22.6. The van der Waals surface area contributed by atoms with Crippen LogP contribution in [0.15, 0.2) is 103 Å². The summed E-state index contributed by atoms with van der Waals surface area (Å²) in [5.41, 5.74) is 4.27. The minimum absolute atomic E-state index is 0.0545. The van der Waals surface area contributed by atoms with Gasteiger partial charge in [-0.15, -0.1) is 0 Å². The summed E-state index contributed by atoms with van der Waals surface area (Å²) in [6.07, 6.45) is -0.0545. The molecule has 0 saturated carbocycles. The van der Waals surface area contributed by atoms with Crippen LogP contribution >= 0.6 is 0 Å². The van der Waals surface area contributed by atoms with Crippen molar-refractivity contribution in [2.24, 2.45) is 5.92 Å². The summed E-state index contributed by atoms with van der Waals surface area (Å²) in [4.78, 5) is 39.5. The average molecular weight is 534 g/mol. The Kier molecular flexibility index (Phi) is 8.06. The molecule has 0 fully saturated rings. The molecule has 0 saturated heterocycles. The van der Waals surface area contributed by atoms with Gasteiger partial charge < -0.3 is 14.0 Å². The van der Waals surface area contributed by atoms with Gasteiger partial charge in [-0.3, -0.25) is 14.4 Å². The Labute approximate surface area is 233 Å². The van der Waals surface area contributed by atoms with Gasteiger partial charge in [0.1, 0.15) is 0 Å². The van der Waals surface area contributed by atoms with Crippen LogP contribution in [0.25, 0.3) is 27.5 Å². The van der Waals surface area contributed by atoms with Crippen LogP contribution in [0.4, 0.5) is 0 Å². The van der Waals surface area contributed by atoms with Crippen molar-refractivity contribution in [2.45, 2.75) is 26.2 Å². The molecular weight excluding hydrogens is 502 g/mol. The lowest BCUT2D eigenvalue weighted by Crippen LogP contribution is -2.34. The molecule has 0 amide bonds. The van der Waals surface area contributed by atoms with E-state index in [0.717, 1.165) is 27.5 Å². The first-order valence-electron chi connectivity index (χ1n) is 13.5. The summed E-state index contributed by atoms with van der Waals surface area (Å²) in [6, 6.07) is 33.0. The molecule has 1 unspecified atom stereocenters. The van der Waals surface area contributed by atoms with E-state index in [1.54, 1.807) is 38.1 Å². The predicted molar refractivity (Wildman–Crippen MR) is 156 cm³/mol. The van der Waals surface area contributed by atoms with Crippen LogP contribution in [0, 0.1) is 5.92 Å². The third kappa shape index (κ3) is 5.25. The summed E-state index contributed by atoms with van der Waals surface area (Å²) >= 11 is 0. The zero-order valence-corrected chi connectivity index (χ0v) is 22.6. The first-order valence-corrected chi connectivity index (χ1v) is 13.5. The van der Waals surface area contributed by atoms with Crippen LogP contribution in [0.5, 0.6) is 0 Å². The van der Waals surface area contributed by atoms with Gasteiger partial charge in [0.05, 0.1) is 24.2 Å². The first kappa shape index (κ1) is 26.9. The average Bonchev–Trinajstić information content (AvgIpc) is 3.32. The van der Waals surface area contributed by atoms with E-state index in [-0.39, 0.29) is 25.4 Å². The van der Waals surface area contributed by atoms with Gasteiger partial charge in [-0.25, -0.2) is 0 Å². The molecule has 0 radical (unpaired) electrons. The summed E-state index contributed by atoms with van der Waals surface area (Å²) in [5, 5.41) is 2.30. The standard InChI is InChI=1S/C34H31NO5/c1-3-39-33(37)32(34(38)40-4-2)28(22-31(36)24-12-6-5-7-13-24)23-18-20-25(21-19-23)35-29-16-10-8-14-26(29)27-15-9-11-17-30(27)35/h5-21,28,32H,3-4,22H2,1-2H3. The SMILES string of the molecule is CCOC(=O)C(C(=O)OCC)C(CC(=O)c1ccccc1)c1ccc(-n2c3ccccc3c3ccccc32)cc1. The fourth-order valence-corrected chi connectivity index (χ4v) is 5.33. The molecule has 1 atom stereocenters. The second-order valence-electron chi connectivity index (χ2n) is 9.54. The molecule has 4 aromatic carbocycles. The topological polar surface area (TPSA) is 74.6 Å². The number of fused-ring (bicyclic) bond motifs is 3. The second-order valence-corrected chi connectivity index (χ2v) is 9.54. The number of hydrogen-bond donors (Lipinski definition) is 0. The fourth-order valence-electron chi connectivity index (χ4n) is 5.33. The number of aromatic nitrogens is 1. The second kappa shape index (κ2) is 12.0. The highest BCUT2D eigenvalue weighted by Gasteiger charge is 2.39. The molecule has 0 bridgehead atoms. The minimum Gasteiger partial charge on any atom is -0.465 e. The van der Waals surface area contributed by atoms with Crippen LogP contribution < -0.4 is 0 Å². The zero-order chi connectivity index (χ0) is 28.1. The smallest absolute Gasteiger partial charge is 0.320 e. The van der Waals surface area contributed by atoms with Crippen LogP contribution in [0.1, 0.15) is 42.1 Å². The number of rotatable bonds is 10. The van der Waals surface area contributed by atoms with Crippen molar-refractivity contribution < 1.29 is 23.9 Å². The number of hydrogen-bond acceptors (Lipinski definition) is 5. The van der Waals surface area contributed by atoms with E-state index in [1.807, 2.05) is 54.6 Å². The quantitative estimate of drug-likeness (QED) is 0.111. The van der Waals surface area contributed by atoms with Crippen molar-refractivity contribution in [1.29, 1.82) is 0 Å². The summed E-state index contributed by atoms with van der Waals surface area (Å²) in [6.45, 7) is 3.59. The maximum atomic E-state index is 13.3. The van der Waals surface area contributed by atoms with Crippen LogP contribution in [-0.4, -0.2) is 35.5 Å². The van der Waals surface area contributed by atoms with E-state index in [4.69, 9.17) is 9.47 Å². The van der Waals surface area contributed by atoms with Crippen molar-refractivity contribution in [3.8, 4) is 5.69 Å². The van der Waals surface area contributed by atoms with E-state index >= 15 is 0 Å². The highest BCUT2D eigenvalue weighted by atomic mass is 16.6. The molecule has 5 rings (SSSR count). The lowest BCUT2D eigenvalue weighted by atomic mass is 9.81. The molecule has 40 heavy (non-hydrogen) atoms. The number of benzene rings is 4. The van der Waals surface area contributed by atoms with Gasteiger partial charge in [-0.05, 0) is 43.7 Å². The van der Waals surface area contributed by atoms with Gasteiger partial charge in [-0.2, -0.15) is 0 Å². The van der Waals surface area contributed by atoms with E-state index < -0.39 is 23.8 Å². The number of esters is 2. The number of ether oxygens (including phenoxy) is 2. The number of nitrogens with zero attached hydrogens (tertiary/aromatic N) is 1. The normalized spacial score (nSPS) is 12.0. The number of carbonyl (C=O) groups excluding carboxylic acids is 3. The Morgan fingerprint density at radius 1 is 0.650 bits per heavy atom. The van der Waals surface area contributed by atoms with Gasteiger partial charge in [0.15, 0.2) is 11.7 Å². The number of Topliss-reactive ketones (excluding diaryl/α,β-unsaturated/α-hetero) is 1. The van der Waals surface area contributed by atoms with E-state index in [2.05, 4.69) is 28.8 Å². The summed E-state index contributed by atoms with van der Waals surface area (Å²) < 4.78 is 12.8. The van der Waals surface area contributed by atoms with Crippen molar-refractivity contribution in [3.05, 3.63) is 114 Å². The Bertz CT molecular complexity index is 1580. The van der Waals surface area contributed by atoms with E-state index in [0.29, 0.717) is 11.1 Å². The Hall–Kier alpha value is -4.71. The van der Waals surface area contributed by atoms with E-state index in [9.17, 15) is 14.4 Å². The number of carbonyl (C=O) groups is 3. The molecule has 0 aliphatic rings. The first-order chi connectivity index (χ1) is 19.5. The van der Waals surface area contributed by atoms with Crippen LogP contribution in [0.3, 0.4) is 0 Å². The third-order valence-electron chi connectivity index (χ3n) is 7.14. The summed E-state index contributed by atoms with van der Waals surface area (Å²) in [5.74, 6) is -3.60. The van der Waals surface area contributed by atoms with Crippen molar-refractivity contribution in [3.63, 3.8) is 0 Å². The highest BCUT2D eigenvalue weighted by Crippen LogP contribution is 2.35. The maximum absolute atomic E-state index is 13.3. The van der Waals surface area contributed by atoms with Crippen molar-refractivity contribution in [2.75, 3.05) is 13.2 Å². The molecule has 0 N–H and O–H groups in total. The molecule has 1 aromatic heterocycles. The van der Waals surface area contributed by atoms with Crippen LogP contribution in [-0.2, 0) is 19.1 Å². The molecule has 0 spiro atoms. The maximum Gasteiger partial charge on any atom is 0.320 e. The summed E-state index contributed by atoms with van der Waals surface area (Å²) in [7, 11) is 0. The monoisotopic (exact) mass is 533 g/mol. The Morgan fingerprint density at radius 2 is 1.15 bits per heavy atom. The molecule has 1 heterocycles. The van der Waals surface area contributed by atoms with Gasteiger partial charge in [-0.1, -0.05) is 78.9 Å². The van der Waals surface area contributed by atoms with Gasteiger partial charge in [0.25, 0.3) is 0 Å². The third-order valence-corrected chi connectivity index (χ3v) is 7.14. The van der Waals surface area contributed by atoms with E-state index in [1.165, 1.54) is 0 Å². The largest absolute Gasteiger partial charge is 0.465 e. The van der Waals surface area contributed by atoms with Crippen molar-refractivity contribution >= 4 is 39.5 Å². The van der Waals surface area contributed by atoms with Gasteiger partial charge >= 0.3 is 11.9 Å². The molecule has 202 valence electrons. The minimum atomic E-state index is -1.27. The Balaban J connectivity index is 1.59. The lowest BCUT2D eigenvalue weighted by molar-refractivity contribution is -0.162. The molecular formula is C34H31NO5. The highest BCUT2D eigenvalue weighted by molar-refractivity contribution is 6.09. The van der Waals surface area contributed by atoms with Crippen LogP contribution in [0.2, 0.25) is 0 Å². The van der Waals surface area contributed by atoms with Gasteiger partial charge in [0.2, 0.25) is 0 Å². The lowest BCUT2D eigenvalue weighted by Gasteiger charge is -2.24. The molecule has 5 aromatic rings. The number of ketones is 1. The molecule has 0 aliphatic heterocycles. The number of para-hydroxylation sites is 2. The fraction of sp³-hybridized carbons (Fsp3) is 0.206. The van der Waals surface area contributed by atoms with Gasteiger partial charge in [0, 0.05) is 34.4 Å². The molecule has 0 aliphatic carbocycles. The van der Waals surface area contributed by atoms with Crippen molar-refractivity contribution in [1.82, 2.24) is 4.57 Å². The molecule has 6 heteroatoms. The Morgan fingerprint density at radius 3 is 1.68 bits per heavy atom. The predicted octanol–water partition coefficient (Wildman–Crippen LogP) is 6.88.